The molecule has 2 aromatic carbocycles. The van der Waals surface area contributed by atoms with Gasteiger partial charge in [0, 0.05) is 46.4 Å². The van der Waals surface area contributed by atoms with Crippen LogP contribution in [-0.2, 0) is 9.31 Å². The zero-order valence-electron chi connectivity index (χ0n) is 28.7. The van der Waals surface area contributed by atoms with Gasteiger partial charge in [-0.3, -0.25) is 15.0 Å². The molecular formula is C37H41BF4N4O3. The van der Waals surface area contributed by atoms with Gasteiger partial charge in [-0.1, -0.05) is 19.9 Å². The molecule has 1 saturated heterocycles. The maximum absolute atomic E-state index is 13.7. The van der Waals surface area contributed by atoms with Gasteiger partial charge in [-0.25, -0.2) is 17.6 Å². The number of aromatic nitrogens is 3. The average Bonchev–Trinajstić information content (AvgIpc) is 3.24. The molecule has 0 unspecified atom stereocenters. The topological polar surface area (TPSA) is 92.4 Å². The molecule has 1 atom stereocenters. The Morgan fingerprint density at radius 1 is 0.837 bits per heavy atom. The van der Waals surface area contributed by atoms with Crippen molar-refractivity contribution in [3.63, 3.8) is 0 Å². The third-order valence-corrected chi connectivity index (χ3v) is 8.79. The van der Waals surface area contributed by atoms with Gasteiger partial charge in [0.15, 0.2) is 0 Å². The first-order chi connectivity index (χ1) is 23.0. The first-order valence-corrected chi connectivity index (χ1v) is 16.1. The summed E-state index contributed by atoms with van der Waals surface area (Å²) >= 11 is 0. The summed E-state index contributed by atoms with van der Waals surface area (Å²) < 4.78 is 71.9. The van der Waals surface area contributed by atoms with Gasteiger partial charge in [-0.15, -0.1) is 0 Å². The average molecular weight is 677 g/mol. The normalized spacial score (nSPS) is 16.6. The summed E-state index contributed by atoms with van der Waals surface area (Å²) in [5.74, 6) is -0.350. The lowest BCUT2D eigenvalue weighted by Gasteiger charge is -2.32. The van der Waals surface area contributed by atoms with Crippen LogP contribution in [0.25, 0.3) is 33.1 Å². The van der Waals surface area contributed by atoms with E-state index in [0.29, 0.717) is 40.0 Å². The highest BCUT2D eigenvalue weighted by Crippen LogP contribution is 2.37. The Labute approximate surface area is 284 Å². The van der Waals surface area contributed by atoms with Gasteiger partial charge in [0.2, 0.25) is 0 Å². The van der Waals surface area contributed by atoms with E-state index in [9.17, 15) is 17.6 Å². The van der Waals surface area contributed by atoms with E-state index in [0.717, 1.165) is 10.8 Å². The highest BCUT2D eigenvalue weighted by atomic mass is 19.3. The van der Waals surface area contributed by atoms with Crippen LogP contribution >= 0.6 is 0 Å². The molecule has 5 aromatic rings. The second-order valence-corrected chi connectivity index (χ2v) is 14.1. The molecule has 1 aliphatic heterocycles. The van der Waals surface area contributed by atoms with Crippen molar-refractivity contribution in [3.8, 4) is 17.0 Å². The Bertz CT molecular complexity index is 1940. The number of hydrogen-bond donors (Lipinski definition) is 1. The molecule has 7 nitrogen and oxygen atoms in total. The Morgan fingerprint density at radius 2 is 1.41 bits per heavy atom. The lowest BCUT2D eigenvalue weighted by atomic mass is 9.77. The lowest BCUT2D eigenvalue weighted by Crippen LogP contribution is -2.43. The number of rotatable bonds is 8. The highest BCUT2D eigenvalue weighted by molar-refractivity contribution is 6.65. The number of nitrogens with two attached hydrogens (primary N) is 1. The monoisotopic (exact) mass is 676 g/mol. The van der Waals surface area contributed by atoms with Crippen molar-refractivity contribution in [1.82, 2.24) is 15.0 Å². The molecule has 1 fully saturated rings. The number of benzene rings is 2. The van der Waals surface area contributed by atoms with Crippen LogP contribution in [0.1, 0.15) is 66.9 Å². The third-order valence-electron chi connectivity index (χ3n) is 8.79. The van der Waals surface area contributed by atoms with Crippen LogP contribution < -0.4 is 15.9 Å². The zero-order valence-corrected chi connectivity index (χ0v) is 28.7. The van der Waals surface area contributed by atoms with E-state index in [1.54, 1.807) is 24.4 Å². The summed E-state index contributed by atoms with van der Waals surface area (Å²) in [5.41, 5.74) is 7.37. The summed E-state index contributed by atoms with van der Waals surface area (Å²) in [5, 5.41) is 1.48. The van der Waals surface area contributed by atoms with Crippen molar-refractivity contribution >= 4 is 34.4 Å². The molecule has 3 aromatic heterocycles. The van der Waals surface area contributed by atoms with E-state index in [2.05, 4.69) is 15.0 Å². The number of nitrogens with zero attached hydrogens (tertiary/aromatic N) is 3. The minimum absolute atomic E-state index is 0.00795. The van der Waals surface area contributed by atoms with Crippen molar-refractivity contribution in [2.75, 3.05) is 6.61 Å². The van der Waals surface area contributed by atoms with E-state index in [-0.39, 0.29) is 23.7 Å². The molecule has 0 spiro atoms. The molecule has 0 aliphatic carbocycles. The first-order valence-electron chi connectivity index (χ1n) is 16.1. The molecule has 0 radical (unpaired) electrons. The number of fused-ring (bicyclic) bond motifs is 2. The second kappa shape index (κ2) is 14.0. The largest absolute Gasteiger partial charge is 0.495 e. The molecule has 0 saturated carbocycles. The van der Waals surface area contributed by atoms with E-state index >= 15 is 0 Å². The quantitative estimate of drug-likeness (QED) is 0.131. The fraction of sp³-hybridized carbons (Fsp3) is 0.378. The zero-order chi connectivity index (χ0) is 35.7. The lowest BCUT2D eigenvalue weighted by molar-refractivity contribution is 0.00578. The van der Waals surface area contributed by atoms with Gasteiger partial charge < -0.3 is 19.8 Å². The number of alkyl halides is 2. The molecule has 4 heterocycles. The first kappa shape index (κ1) is 36.2. The van der Waals surface area contributed by atoms with E-state index in [1.807, 2.05) is 54.5 Å². The van der Waals surface area contributed by atoms with Crippen LogP contribution in [0.3, 0.4) is 0 Å². The van der Waals surface area contributed by atoms with E-state index < -0.39 is 36.1 Å². The molecule has 1 aliphatic rings. The van der Waals surface area contributed by atoms with Crippen molar-refractivity contribution in [3.05, 3.63) is 90.4 Å². The van der Waals surface area contributed by atoms with Crippen molar-refractivity contribution < 1.29 is 31.6 Å². The molecule has 2 N–H and O–H groups in total. The molecule has 49 heavy (non-hydrogen) atoms. The summed E-state index contributed by atoms with van der Waals surface area (Å²) in [6, 6.07) is 13.6. The second-order valence-electron chi connectivity index (χ2n) is 14.1. The molecule has 258 valence electrons. The van der Waals surface area contributed by atoms with Crippen LogP contribution in [0.4, 0.5) is 17.6 Å². The van der Waals surface area contributed by atoms with Crippen LogP contribution in [0.15, 0.2) is 73.2 Å². The van der Waals surface area contributed by atoms with Gasteiger partial charge in [-0.2, -0.15) is 0 Å². The van der Waals surface area contributed by atoms with Gasteiger partial charge in [0.1, 0.15) is 24.0 Å². The summed E-state index contributed by atoms with van der Waals surface area (Å²) in [6.45, 7) is 14.1. The highest BCUT2D eigenvalue weighted by Gasteiger charge is 2.52. The summed E-state index contributed by atoms with van der Waals surface area (Å²) in [7, 11) is -0.462. The fourth-order valence-corrected chi connectivity index (χ4v) is 5.79. The predicted molar refractivity (Wildman–Crippen MR) is 185 cm³/mol. The molecular weight excluding hydrogens is 635 g/mol. The van der Waals surface area contributed by atoms with Crippen LogP contribution in [0.2, 0.25) is 0 Å². The molecule has 0 amide bonds. The number of ether oxygens (including phenoxy) is 1. The van der Waals surface area contributed by atoms with E-state index in [4.69, 9.17) is 19.8 Å². The van der Waals surface area contributed by atoms with E-state index in [1.165, 1.54) is 42.7 Å². The molecule has 0 bridgehead atoms. The van der Waals surface area contributed by atoms with Gasteiger partial charge in [0.05, 0.1) is 39.7 Å². The standard InChI is InChI=1S/C22H24F3N3O.C15H17BFNO2/c1-13(2)10-22(3,26)12-29-20-11-28-19(9-17(20)21(24)25)16-6-7-27-18-8-14(23)4-5-15(16)18;1-14(2)15(3,4)20-16(19-14)12-7-8-18-13-9-10(17)5-6-11(12)13/h4-9,11,13,21H,10,12,26H2,1-3H3;5-9H,1-4H3/t22-;/m0./s1. The van der Waals surface area contributed by atoms with Crippen LogP contribution in [-0.4, -0.2) is 45.4 Å². The summed E-state index contributed by atoms with van der Waals surface area (Å²) in [4.78, 5) is 12.6. The fourth-order valence-electron chi connectivity index (χ4n) is 5.79. The Morgan fingerprint density at radius 3 is 2.00 bits per heavy atom. The smallest absolute Gasteiger partial charge is 0.490 e. The SMILES string of the molecule is CC(C)C[C@](C)(N)COc1cnc(-c2ccnc3cc(F)ccc23)cc1C(F)F.CC1(C)OB(c2ccnc3cc(F)ccc23)OC1(C)C. The Kier molecular flexibility index (Phi) is 10.3. The number of halogens is 4. The van der Waals surface area contributed by atoms with Crippen molar-refractivity contribution in [1.29, 1.82) is 0 Å². The maximum Gasteiger partial charge on any atom is 0.495 e. The van der Waals surface area contributed by atoms with Gasteiger partial charge >= 0.3 is 7.12 Å². The Balaban J connectivity index is 0.000000204. The van der Waals surface area contributed by atoms with Gasteiger partial charge in [0.25, 0.3) is 6.43 Å². The number of hydrogen-bond acceptors (Lipinski definition) is 7. The molecule has 6 rings (SSSR count). The summed E-state index contributed by atoms with van der Waals surface area (Å²) in [6.07, 6.45) is 2.39. The van der Waals surface area contributed by atoms with Crippen LogP contribution in [0, 0.1) is 17.6 Å². The minimum atomic E-state index is -2.74. The maximum atomic E-state index is 13.7. The van der Waals surface area contributed by atoms with Gasteiger partial charge in [-0.05, 0) is 88.8 Å². The minimum Gasteiger partial charge on any atom is -0.490 e. The van der Waals surface area contributed by atoms with Crippen molar-refractivity contribution in [2.24, 2.45) is 11.7 Å². The number of pyridine rings is 3. The predicted octanol–water partition coefficient (Wildman–Crippen LogP) is 8.19. The Hall–Kier alpha value is -4.13. The van der Waals surface area contributed by atoms with Crippen LogP contribution in [0.5, 0.6) is 5.75 Å². The molecule has 12 heteroatoms. The third kappa shape index (κ3) is 8.20. The van der Waals surface area contributed by atoms with Crippen molar-refractivity contribution in [2.45, 2.75) is 78.1 Å².